The van der Waals surface area contributed by atoms with Crippen LogP contribution in [0, 0.1) is 11.6 Å². The number of nitrogens with one attached hydrogen (secondary N) is 1. The van der Waals surface area contributed by atoms with E-state index in [1.165, 1.54) is 6.07 Å². The number of rotatable bonds is 2. The van der Waals surface area contributed by atoms with E-state index in [1.54, 1.807) is 0 Å². The van der Waals surface area contributed by atoms with Crippen LogP contribution in [0.5, 0.6) is 0 Å². The van der Waals surface area contributed by atoms with Crippen LogP contribution in [0.1, 0.15) is 0 Å². The van der Waals surface area contributed by atoms with E-state index in [0.29, 0.717) is 0 Å². The third-order valence-electron chi connectivity index (χ3n) is 1.32. The zero-order chi connectivity index (χ0) is 9.84. The van der Waals surface area contributed by atoms with Gasteiger partial charge < -0.3 is 5.32 Å². The molecule has 0 amide bonds. The first-order valence-corrected chi connectivity index (χ1v) is 3.85. The van der Waals surface area contributed by atoms with E-state index in [-0.39, 0.29) is 10.7 Å². The quantitative estimate of drug-likeness (QED) is 0.745. The molecular weight excluding hydrogens is 199 g/mol. The number of benzene rings is 1. The van der Waals surface area contributed by atoms with Gasteiger partial charge in [-0.2, -0.15) is 0 Å². The number of halogens is 3. The van der Waals surface area contributed by atoms with Crippen molar-refractivity contribution in [3.05, 3.63) is 29.8 Å². The molecule has 0 atom stereocenters. The maximum atomic E-state index is 12.6. The smallest absolute Gasteiger partial charge is 0.160 e. The summed E-state index contributed by atoms with van der Waals surface area (Å²) in [7, 11) is 0. The molecule has 1 aromatic rings. The molecule has 1 rings (SSSR count). The summed E-state index contributed by atoms with van der Waals surface area (Å²) in [6.07, 6.45) is 0. The largest absolute Gasteiger partial charge is 0.348 e. The Bertz CT molecular complexity index is 327. The lowest BCUT2D eigenvalue weighted by Gasteiger charge is -2.04. The van der Waals surface area contributed by atoms with Gasteiger partial charge in [0.1, 0.15) is 11.7 Å². The van der Waals surface area contributed by atoms with Gasteiger partial charge in [0.15, 0.2) is 11.6 Å². The average Bonchev–Trinajstić information content (AvgIpc) is 2.11. The highest BCUT2D eigenvalue weighted by molar-refractivity contribution is 7.80. The lowest BCUT2D eigenvalue weighted by atomic mass is 10.3. The van der Waals surface area contributed by atoms with Crippen molar-refractivity contribution in [3.63, 3.8) is 0 Å². The van der Waals surface area contributed by atoms with Crippen LogP contribution in [-0.2, 0) is 0 Å². The number of anilines is 1. The minimum Gasteiger partial charge on any atom is -0.348 e. The summed E-state index contributed by atoms with van der Waals surface area (Å²) in [5.41, 5.74) is 0.238. The molecule has 0 aromatic heterocycles. The Kier molecular flexibility index (Phi) is 3.25. The predicted octanol–water partition coefficient (Wildman–Crippen LogP) is 2.67. The second-order valence-corrected chi connectivity index (χ2v) is 2.80. The van der Waals surface area contributed by atoms with Crippen molar-refractivity contribution in [2.24, 2.45) is 0 Å². The van der Waals surface area contributed by atoms with Crippen LogP contribution in [0.4, 0.5) is 18.9 Å². The molecule has 0 aliphatic rings. The van der Waals surface area contributed by atoms with Crippen LogP contribution < -0.4 is 5.32 Å². The van der Waals surface area contributed by atoms with Crippen molar-refractivity contribution in [2.45, 2.75) is 0 Å². The summed E-state index contributed by atoms with van der Waals surface area (Å²) < 4.78 is 36.9. The minimum atomic E-state index is -0.994. The molecule has 0 unspecified atom stereocenters. The Balaban J connectivity index is 2.79. The molecule has 0 heterocycles. The van der Waals surface area contributed by atoms with E-state index in [4.69, 9.17) is 0 Å². The van der Waals surface area contributed by atoms with Crippen LogP contribution in [0.3, 0.4) is 0 Å². The normalized spacial score (nSPS) is 9.77. The van der Waals surface area contributed by atoms with Crippen molar-refractivity contribution in [1.29, 1.82) is 0 Å². The molecule has 0 saturated heterocycles. The van der Waals surface area contributed by atoms with Crippen LogP contribution in [0.25, 0.3) is 0 Å². The first-order valence-electron chi connectivity index (χ1n) is 3.44. The minimum absolute atomic E-state index is 0.0639. The van der Waals surface area contributed by atoms with Gasteiger partial charge in [0.2, 0.25) is 0 Å². The average molecular weight is 205 g/mol. The Labute approximate surface area is 78.6 Å². The summed E-state index contributed by atoms with van der Waals surface area (Å²) in [5, 5.41) is 2.41. The fraction of sp³-hybridized carbons (Fsp3) is 0.125. The summed E-state index contributed by atoms with van der Waals surface area (Å²) >= 11 is 4.51. The summed E-state index contributed by atoms with van der Waals surface area (Å²) in [5.74, 6) is -1.94. The highest BCUT2D eigenvalue weighted by Gasteiger charge is 2.03. The molecule has 0 fully saturated rings. The van der Waals surface area contributed by atoms with Gasteiger partial charge in [-0.3, -0.25) is 0 Å². The molecule has 0 saturated carbocycles. The van der Waals surface area contributed by atoms with Gasteiger partial charge in [-0.1, -0.05) is 12.2 Å². The van der Waals surface area contributed by atoms with Crippen LogP contribution >= 0.6 is 12.2 Å². The predicted molar refractivity (Wildman–Crippen MR) is 48.6 cm³/mol. The van der Waals surface area contributed by atoms with Gasteiger partial charge in [-0.25, -0.2) is 13.2 Å². The lowest BCUT2D eigenvalue weighted by molar-refractivity contribution is 0.509. The van der Waals surface area contributed by atoms with Crippen LogP contribution in [0.2, 0.25) is 0 Å². The van der Waals surface area contributed by atoms with Crippen molar-refractivity contribution >= 4 is 22.9 Å². The standard InChI is InChI=1S/C8H6F3NS/c9-4-8(13)12-5-1-2-6(10)7(11)3-5/h1-3H,4H2,(H,12,13). The molecule has 0 spiro atoms. The highest BCUT2D eigenvalue weighted by Crippen LogP contribution is 2.12. The van der Waals surface area contributed by atoms with E-state index in [2.05, 4.69) is 17.5 Å². The monoisotopic (exact) mass is 205 g/mol. The molecule has 0 aliphatic heterocycles. The third kappa shape index (κ3) is 2.69. The molecule has 1 nitrogen and oxygen atoms in total. The van der Waals surface area contributed by atoms with E-state index < -0.39 is 18.3 Å². The number of thiocarbonyl (C=S) groups is 1. The Morgan fingerprint density at radius 1 is 1.31 bits per heavy atom. The fourth-order valence-electron chi connectivity index (χ4n) is 0.768. The molecule has 0 radical (unpaired) electrons. The van der Waals surface area contributed by atoms with Crippen molar-refractivity contribution in [3.8, 4) is 0 Å². The molecule has 1 aromatic carbocycles. The molecule has 70 valence electrons. The Morgan fingerprint density at radius 2 is 2.00 bits per heavy atom. The zero-order valence-corrected chi connectivity index (χ0v) is 7.30. The number of hydrogen-bond donors (Lipinski definition) is 1. The summed E-state index contributed by atoms with van der Waals surface area (Å²) in [4.78, 5) is -0.0639. The summed E-state index contributed by atoms with van der Waals surface area (Å²) in [6, 6.07) is 3.14. The molecular formula is C8H6F3NS. The van der Waals surface area contributed by atoms with E-state index in [0.717, 1.165) is 12.1 Å². The van der Waals surface area contributed by atoms with Crippen molar-refractivity contribution < 1.29 is 13.2 Å². The van der Waals surface area contributed by atoms with Crippen molar-refractivity contribution in [1.82, 2.24) is 0 Å². The molecule has 5 heteroatoms. The lowest BCUT2D eigenvalue weighted by Crippen LogP contribution is -2.10. The zero-order valence-electron chi connectivity index (χ0n) is 6.48. The molecule has 0 aliphatic carbocycles. The van der Waals surface area contributed by atoms with Gasteiger partial charge in [0.05, 0.1) is 0 Å². The van der Waals surface area contributed by atoms with E-state index in [9.17, 15) is 13.2 Å². The topological polar surface area (TPSA) is 12.0 Å². The first-order chi connectivity index (χ1) is 6.13. The SMILES string of the molecule is FCC(=S)Nc1ccc(F)c(F)c1. The van der Waals surface area contributed by atoms with Crippen LogP contribution in [0.15, 0.2) is 18.2 Å². The maximum absolute atomic E-state index is 12.6. The van der Waals surface area contributed by atoms with E-state index in [1.807, 2.05) is 0 Å². The van der Waals surface area contributed by atoms with Gasteiger partial charge in [-0.15, -0.1) is 0 Å². The van der Waals surface area contributed by atoms with Gasteiger partial charge in [0.25, 0.3) is 0 Å². The second-order valence-electron chi connectivity index (χ2n) is 2.31. The number of hydrogen-bond acceptors (Lipinski definition) is 1. The Morgan fingerprint density at radius 3 is 2.54 bits per heavy atom. The highest BCUT2D eigenvalue weighted by atomic mass is 32.1. The van der Waals surface area contributed by atoms with Crippen molar-refractivity contribution in [2.75, 3.05) is 12.0 Å². The fourth-order valence-corrected chi connectivity index (χ4v) is 0.886. The Hall–Kier alpha value is -1.10. The van der Waals surface area contributed by atoms with Gasteiger partial charge in [0, 0.05) is 11.8 Å². The van der Waals surface area contributed by atoms with Crippen LogP contribution in [-0.4, -0.2) is 11.7 Å². The number of alkyl halides is 1. The second kappa shape index (κ2) is 4.23. The van der Waals surface area contributed by atoms with Gasteiger partial charge in [-0.05, 0) is 12.1 Å². The molecule has 13 heavy (non-hydrogen) atoms. The third-order valence-corrected chi connectivity index (χ3v) is 1.54. The van der Waals surface area contributed by atoms with E-state index >= 15 is 0 Å². The first kappa shape index (κ1) is 9.98. The summed E-state index contributed by atoms with van der Waals surface area (Å²) in [6.45, 7) is -0.825. The molecule has 0 bridgehead atoms. The molecule has 1 N–H and O–H groups in total. The maximum Gasteiger partial charge on any atom is 0.160 e. The van der Waals surface area contributed by atoms with Gasteiger partial charge >= 0.3 is 0 Å².